The van der Waals surface area contributed by atoms with Crippen LogP contribution in [0.1, 0.15) is 6.92 Å². The van der Waals surface area contributed by atoms with Crippen LogP contribution in [-0.2, 0) is 4.79 Å². The number of carbonyl (C=O) groups is 1. The third-order valence-corrected chi connectivity index (χ3v) is 5.15. The van der Waals surface area contributed by atoms with E-state index in [9.17, 15) is 14.3 Å². The normalized spacial score (nSPS) is 11.9. The number of amides is 1. The summed E-state index contributed by atoms with van der Waals surface area (Å²) in [5.74, 6) is -0.988. The van der Waals surface area contributed by atoms with Gasteiger partial charge in [-0.05, 0) is 53.7 Å². The van der Waals surface area contributed by atoms with Crippen molar-refractivity contribution in [3.63, 3.8) is 0 Å². The van der Waals surface area contributed by atoms with Gasteiger partial charge in [0, 0.05) is 17.8 Å². The number of halogens is 2. The van der Waals surface area contributed by atoms with Crippen molar-refractivity contribution >= 4 is 35.0 Å². The number of anilines is 1. The van der Waals surface area contributed by atoms with Gasteiger partial charge in [0.15, 0.2) is 5.95 Å². The molecule has 1 atom stereocenters. The number of methoxy groups -OCH3 is 1. The molecule has 10 heteroatoms. The molecular weight excluding hydrogens is 409 g/mol. The fraction of sp³-hybridized carbons (Fsp3) is 0.167. The molecule has 28 heavy (non-hydrogen) atoms. The minimum absolute atomic E-state index is 0.101. The maximum Gasteiger partial charge on any atom is 0.298 e. The molecule has 3 rings (SSSR count). The number of nitrogens with one attached hydrogen (secondary N) is 1. The van der Waals surface area contributed by atoms with Gasteiger partial charge in [0.2, 0.25) is 11.6 Å². The lowest BCUT2D eigenvalue weighted by Gasteiger charge is -2.10. The quantitative estimate of drug-likeness (QED) is 0.484. The molecule has 3 aromatic rings. The van der Waals surface area contributed by atoms with Crippen LogP contribution in [0.2, 0.25) is 5.02 Å². The van der Waals surface area contributed by atoms with Crippen molar-refractivity contribution in [2.75, 3.05) is 12.4 Å². The average molecular weight is 424 g/mol. The summed E-state index contributed by atoms with van der Waals surface area (Å²) in [6, 6.07) is 10.7. The number of ether oxygens (including phenoxy) is 1. The first-order valence-electron chi connectivity index (χ1n) is 8.05. The van der Waals surface area contributed by atoms with Gasteiger partial charge < -0.3 is 19.7 Å². The monoisotopic (exact) mass is 423 g/mol. The molecule has 2 aromatic carbocycles. The average Bonchev–Trinajstić information content (AvgIpc) is 3.05. The van der Waals surface area contributed by atoms with Crippen LogP contribution in [0.5, 0.6) is 11.7 Å². The van der Waals surface area contributed by atoms with Gasteiger partial charge in [-0.25, -0.2) is 4.39 Å². The fourth-order valence-corrected chi connectivity index (χ4v) is 3.32. The largest absolute Gasteiger partial charge is 0.538 e. The van der Waals surface area contributed by atoms with Crippen molar-refractivity contribution < 1.29 is 28.2 Å². The summed E-state index contributed by atoms with van der Waals surface area (Å²) in [5, 5.41) is 17.8. The van der Waals surface area contributed by atoms with E-state index in [0.29, 0.717) is 17.1 Å². The predicted octanol–water partition coefficient (Wildman–Crippen LogP) is 2.95. The Labute approximate surface area is 169 Å². The van der Waals surface area contributed by atoms with Crippen molar-refractivity contribution in [3.8, 4) is 17.4 Å². The molecule has 0 radical (unpaired) electrons. The number of rotatable bonds is 6. The fourth-order valence-electron chi connectivity index (χ4n) is 2.27. The van der Waals surface area contributed by atoms with Gasteiger partial charge in [-0.1, -0.05) is 11.6 Å². The van der Waals surface area contributed by atoms with Gasteiger partial charge in [-0.15, -0.1) is 0 Å². The smallest absolute Gasteiger partial charge is 0.298 e. The second kappa shape index (κ2) is 8.49. The third-order valence-electron chi connectivity index (χ3n) is 3.73. The number of aromatic nitrogens is 2. The van der Waals surface area contributed by atoms with E-state index in [1.165, 1.54) is 16.8 Å². The standard InChI is InChI=1S/C18H15ClFN3O4S/c1-10(16(24)21-11-3-8-15(20)14(19)9-11)28-17-18(25)27-22-23(17)12-4-6-13(26-2)7-5-12/h3-10H,1-2H3,(H-,21,22,24,25). The Morgan fingerprint density at radius 3 is 2.71 bits per heavy atom. The number of nitrogens with zero attached hydrogens (tertiary/aromatic N) is 2. The van der Waals surface area contributed by atoms with E-state index >= 15 is 0 Å². The van der Waals surface area contributed by atoms with E-state index < -0.39 is 22.9 Å². The number of benzene rings is 2. The highest BCUT2D eigenvalue weighted by atomic mass is 35.5. The van der Waals surface area contributed by atoms with E-state index in [2.05, 4.69) is 10.6 Å². The molecule has 1 aromatic heterocycles. The Hall–Kier alpha value is -2.78. The lowest BCUT2D eigenvalue weighted by Crippen LogP contribution is -2.36. The minimum atomic E-state index is -0.666. The SMILES string of the molecule is COc1ccc(-[n+]2noc([O-])c2SC(C)C(=O)Nc2ccc(F)c(Cl)c2)cc1. The first-order valence-corrected chi connectivity index (χ1v) is 9.31. The molecule has 0 aliphatic carbocycles. The summed E-state index contributed by atoms with van der Waals surface area (Å²) in [6.07, 6.45) is 0. The third kappa shape index (κ3) is 4.37. The second-order valence-corrected chi connectivity index (χ2v) is 7.39. The minimum Gasteiger partial charge on any atom is -0.538 e. The highest BCUT2D eigenvalue weighted by Crippen LogP contribution is 2.28. The topological polar surface area (TPSA) is 91.3 Å². The van der Waals surface area contributed by atoms with Crippen LogP contribution in [0.3, 0.4) is 0 Å². The van der Waals surface area contributed by atoms with Crippen molar-refractivity contribution in [2.45, 2.75) is 17.2 Å². The second-order valence-electron chi connectivity index (χ2n) is 5.65. The zero-order valence-corrected chi connectivity index (χ0v) is 16.4. The molecule has 0 spiro atoms. The summed E-state index contributed by atoms with van der Waals surface area (Å²) < 4.78 is 24.4. The summed E-state index contributed by atoms with van der Waals surface area (Å²) in [5.41, 5.74) is 0.923. The molecule has 7 nitrogen and oxygen atoms in total. The summed E-state index contributed by atoms with van der Waals surface area (Å²) >= 11 is 6.70. The maximum absolute atomic E-state index is 13.2. The number of thioether (sulfide) groups is 1. The number of hydrogen-bond acceptors (Lipinski definition) is 6. The molecule has 0 bridgehead atoms. The van der Waals surface area contributed by atoms with Gasteiger partial charge in [0.1, 0.15) is 11.6 Å². The van der Waals surface area contributed by atoms with Crippen LogP contribution in [0.15, 0.2) is 52.0 Å². The molecule has 1 N–H and O–H groups in total. The van der Waals surface area contributed by atoms with Crippen molar-refractivity contribution in [1.29, 1.82) is 0 Å². The van der Waals surface area contributed by atoms with Gasteiger partial charge >= 0.3 is 0 Å². The van der Waals surface area contributed by atoms with Crippen molar-refractivity contribution in [3.05, 3.63) is 53.3 Å². The van der Waals surface area contributed by atoms with E-state index in [-0.39, 0.29) is 10.0 Å². The molecule has 0 saturated carbocycles. The lowest BCUT2D eigenvalue weighted by molar-refractivity contribution is -0.705. The Balaban J connectivity index is 1.76. The van der Waals surface area contributed by atoms with Crippen molar-refractivity contribution in [1.82, 2.24) is 5.27 Å². The van der Waals surface area contributed by atoms with Gasteiger partial charge in [-0.2, -0.15) is 0 Å². The number of hydrogen-bond donors (Lipinski definition) is 1. The zero-order valence-electron chi connectivity index (χ0n) is 14.8. The van der Waals surface area contributed by atoms with E-state index in [4.69, 9.17) is 20.9 Å². The molecule has 0 fully saturated rings. The molecule has 1 unspecified atom stereocenters. The maximum atomic E-state index is 13.2. The van der Waals surface area contributed by atoms with Gasteiger partial charge in [-0.3, -0.25) is 4.79 Å². The van der Waals surface area contributed by atoms with E-state index in [1.54, 1.807) is 38.3 Å². The van der Waals surface area contributed by atoms with Crippen LogP contribution in [0.25, 0.3) is 5.69 Å². The summed E-state index contributed by atoms with van der Waals surface area (Å²) in [4.78, 5) is 12.4. The summed E-state index contributed by atoms with van der Waals surface area (Å²) in [7, 11) is 1.55. The van der Waals surface area contributed by atoms with Crippen LogP contribution in [-0.4, -0.2) is 23.5 Å². The highest BCUT2D eigenvalue weighted by molar-refractivity contribution is 8.00. The number of carbonyl (C=O) groups excluding carboxylic acids is 1. The molecule has 0 saturated heterocycles. The Morgan fingerprint density at radius 1 is 1.36 bits per heavy atom. The van der Waals surface area contributed by atoms with Crippen molar-refractivity contribution in [2.24, 2.45) is 0 Å². The summed E-state index contributed by atoms with van der Waals surface area (Å²) in [6.45, 7) is 1.62. The lowest BCUT2D eigenvalue weighted by atomic mass is 10.3. The zero-order chi connectivity index (χ0) is 20.3. The van der Waals surface area contributed by atoms with E-state index in [1.807, 2.05) is 0 Å². The first-order chi connectivity index (χ1) is 13.4. The molecular formula is C18H15ClFN3O4S. The molecule has 146 valence electrons. The predicted molar refractivity (Wildman–Crippen MR) is 99.4 cm³/mol. The van der Waals surface area contributed by atoms with Crippen LogP contribution in [0, 0.1) is 5.82 Å². The van der Waals surface area contributed by atoms with Gasteiger partial charge in [0.25, 0.3) is 5.03 Å². The van der Waals surface area contributed by atoms with Crippen LogP contribution >= 0.6 is 23.4 Å². The Bertz CT molecular complexity index is 997. The highest BCUT2D eigenvalue weighted by Gasteiger charge is 2.26. The molecule has 0 aliphatic rings. The molecule has 0 aliphatic heterocycles. The Morgan fingerprint density at radius 2 is 2.07 bits per heavy atom. The van der Waals surface area contributed by atoms with Crippen LogP contribution in [0.4, 0.5) is 10.1 Å². The van der Waals surface area contributed by atoms with Gasteiger partial charge in [0.05, 0.1) is 22.7 Å². The molecule has 1 heterocycles. The van der Waals surface area contributed by atoms with E-state index in [0.717, 1.165) is 17.8 Å². The molecule has 1 amide bonds. The Kier molecular flexibility index (Phi) is 6.05. The van der Waals surface area contributed by atoms with Crippen LogP contribution < -0.4 is 19.8 Å². The first kappa shape index (κ1) is 20.0.